The molecular formula is C26H22ClN3O6S. The van der Waals surface area contributed by atoms with Crippen LogP contribution in [0.4, 0.5) is 10.7 Å². The largest absolute Gasteiger partial charge is 0.462 e. The summed E-state index contributed by atoms with van der Waals surface area (Å²) in [5, 5.41) is 23.8. The van der Waals surface area contributed by atoms with Crippen LogP contribution in [-0.4, -0.2) is 23.4 Å². The molecule has 9 nitrogen and oxygen atoms in total. The summed E-state index contributed by atoms with van der Waals surface area (Å²) in [6.45, 7) is 4.06. The Morgan fingerprint density at radius 3 is 2.84 bits per heavy atom. The molecule has 0 radical (unpaired) electrons. The highest BCUT2D eigenvalue weighted by molar-refractivity contribution is 7.17. The molecule has 0 bridgehead atoms. The van der Waals surface area contributed by atoms with Crippen molar-refractivity contribution < 1.29 is 23.7 Å². The molecule has 1 aromatic carbocycles. The first-order chi connectivity index (χ1) is 17.7. The van der Waals surface area contributed by atoms with Crippen LogP contribution in [-0.2, 0) is 22.4 Å². The minimum atomic E-state index is -0.689. The predicted molar refractivity (Wildman–Crippen MR) is 139 cm³/mol. The van der Waals surface area contributed by atoms with Gasteiger partial charge in [-0.2, -0.15) is 5.26 Å². The zero-order valence-corrected chi connectivity index (χ0v) is 21.6. The SMILES string of the molecule is CCOC(=O)c1c(NC(=O)C(C#N)=Cc2ccc(-c3ccc([N+](=O)[O-])cc3Cl)o2)sc2c1CCC(C)C2. The number of hydrogen-bond donors (Lipinski definition) is 1. The van der Waals surface area contributed by atoms with Gasteiger partial charge in [-0.05, 0) is 55.9 Å². The van der Waals surface area contributed by atoms with Crippen molar-refractivity contribution in [3.63, 3.8) is 0 Å². The van der Waals surface area contributed by atoms with Crippen molar-refractivity contribution in [1.29, 1.82) is 5.26 Å². The van der Waals surface area contributed by atoms with Gasteiger partial charge in [0.25, 0.3) is 11.6 Å². The molecule has 0 saturated carbocycles. The molecule has 1 unspecified atom stereocenters. The lowest BCUT2D eigenvalue weighted by atomic mass is 9.88. The molecule has 0 spiro atoms. The zero-order valence-electron chi connectivity index (χ0n) is 20.0. The van der Waals surface area contributed by atoms with E-state index in [2.05, 4.69) is 12.2 Å². The van der Waals surface area contributed by atoms with Crippen LogP contribution in [0.5, 0.6) is 0 Å². The second-order valence-electron chi connectivity index (χ2n) is 8.52. The van der Waals surface area contributed by atoms with Crippen LogP contribution in [0, 0.1) is 27.4 Å². The summed E-state index contributed by atoms with van der Waals surface area (Å²) in [5.41, 5.74) is 1.29. The van der Waals surface area contributed by atoms with Crippen LogP contribution in [0.3, 0.4) is 0 Å². The van der Waals surface area contributed by atoms with E-state index in [4.69, 9.17) is 20.8 Å². The van der Waals surface area contributed by atoms with Crippen LogP contribution in [0.2, 0.25) is 5.02 Å². The Hall–Kier alpha value is -3.94. The molecule has 190 valence electrons. The quantitative estimate of drug-likeness (QED) is 0.120. The number of nitro benzene ring substituents is 1. The molecule has 0 fully saturated rings. The highest BCUT2D eigenvalue weighted by atomic mass is 35.5. The average Bonchev–Trinajstić information content (AvgIpc) is 3.46. The molecule has 1 aliphatic carbocycles. The van der Waals surface area contributed by atoms with Crippen LogP contribution >= 0.6 is 22.9 Å². The Balaban J connectivity index is 1.60. The van der Waals surface area contributed by atoms with Crippen molar-refractivity contribution in [2.75, 3.05) is 11.9 Å². The fourth-order valence-electron chi connectivity index (χ4n) is 4.11. The molecule has 0 saturated heterocycles. The minimum Gasteiger partial charge on any atom is -0.462 e. The number of rotatable bonds is 7. The summed E-state index contributed by atoms with van der Waals surface area (Å²) in [6, 6.07) is 8.98. The summed E-state index contributed by atoms with van der Waals surface area (Å²) in [6.07, 6.45) is 3.74. The van der Waals surface area contributed by atoms with E-state index in [1.165, 1.54) is 35.6 Å². The van der Waals surface area contributed by atoms with E-state index in [0.717, 1.165) is 29.7 Å². The monoisotopic (exact) mass is 539 g/mol. The van der Waals surface area contributed by atoms with E-state index in [-0.39, 0.29) is 28.7 Å². The first kappa shape index (κ1) is 26.1. The lowest BCUT2D eigenvalue weighted by molar-refractivity contribution is -0.384. The average molecular weight is 540 g/mol. The van der Waals surface area contributed by atoms with E-state index in [1.807, 2.05) is 6.07 Å². The van der Waals surface area contributed by atoms with Crippen LogP contribution in [0.1, 0.15) is 46.8 Å². The number of carbonyl (C=O) groups is 2. The number of non-ortho nitro benzene ring substituents is 1. The van der Waals surface area contributed by atoms with Gasteiger partial charge in [-0.25, -0.2) is 4.79 Å². The Labute approximate surface area is 221 Å². The van der Waals surface area contributed by atoms with E-state index in [0.29, 0.717) is 27.8 Å². The maximum Gasteiger partial charge on any atom is 0.341 e. The van der Waals surface area contributed by atoms with Gasteiger partial charge >= 0.3 is 5.97 Å². The molecule has 1 aliphatic rings. The standard InChI is InChI=1S/C26H22ClN3O6S/c1-3-35-26(32)23-19-7-4-14(2)10-22(19)37-25(23)29-24(31)15(13-28)11-17-6-9-21(36-17)18-8-5-16(30(33)34)12-20(18)27/h5-6,8-9,11-12,14H,3-4,7,10H2,1-2H3,(H,29,31). The Kier molecular flexibility index (Phi) is 7.76. The fourth-order valence-corrected chi connectivity index (χ4v) is 5.77. The van der Waals surface area contributed by atoms with Gasteiger partial charge in [0, 0.05) is 28.6 Å². The molecule has 37 heavy (non-hydrogen) atoms. The molecule has 2 heterocycles. The third-order valence-corrected chi connectivity index (χ3v) is 7.41. The molecule has 1 amide bonds. The summed E-state index contributed by atoms with van der Waals surface area (Å²) in [7, 11) is 0. The molecule has 0 aliphatic heterocycles. The number of nitriles is 1. The van der Waals surface area contributed by atoms with Crippen molar-refractivity contribution in [3.8, 4) is 17.4 Å². The van der Waals surface area contributed by atoms with Crippen LogP contribution in [0.25, 0.3) is 17.4 Å². The maximum atomic E-state index is 13.0. The Bertz CT molecular complexity index is 1470. The molecule has 11 heteroatoms. The predicted octanol–water partition coefficient (Wildman–Crippen LogP) is 6.42. The maximum absolute atomic E-state index is 13.0. The molecular weight excluding hydrogens is 518 g/mol. The lowest BCUT2D eigenvalue weighted by Crippen LogP contribution is -2.17. The summed E-state index contributed by atoms with van der Waals surface area (Å²) in [4.78, 5) is 37.1. The second-order valence-corrected chi connectivity index (χ2v) is 10.0. The van der Waals surface area contributed by atoms with E-state index in [9.17, 15) is 25.0 Å². The summed E-state index contributed by atoms with van der Waals surface area (Å²) >= 11 is 7.51. The molecule has 1 N–H and O–H groups in total. The number of nitrogens with one attached hydrogen (secondary N) is 1. The van der Waals surface area contributed by atoms with Gasteiger partial charge in [0.05, 0.1) is 22.1 Å². The van der Waals surface area contributed by atoms with Crippen molar-refractivity contribution >= 4 is 51.6 Å². The highest BCUT2D eigenvalue weighted by Crippen LogP contribution is 2.40. The van der Waals surface area contributed by atoms with E-state index >= 15 is 0 Å². The zero-order chi connectivity index (χ0) is 26.7. The number of thiophene rings is 1. The summed E-state index contributed by atoms with van der Waals surface area (Å²) in [5.74, 6) is -0.194. The number of amides is 1. The summed E-state index contributed by atoms with van der Waals surface area (Å²) < 4.78 is 11.0. The first-order valence-corrected chi connectivity index (χ1v) is 12.7. The first-order valence-electron chi connectivity index (χ1n) is 11.5. The van der Waals surface area contributed by atoms with Gasteiger partial charge in [0.1, 0.15) is 28.2 Å². The Morgan fingerprint density at radius 2 is 2.16 bits per heavy atom. The number of carbonyl (C=O) groups excluding carboxylic acids is 2. The number of furan rings is 1. The third-order valence-electron chi connectivity index (χ3n) is 5.93. The number of halogens is 1. The van der Waals surface area contributed by atoms with Gasteiger partial charge in [0.15, 0.2) is 0 Å². The lowest BCUT2D eigenvalue weighted by Gasteiger charge is -2.18. The number of esters is 1. The minimum absolute atomic E-state index is 0.125. The Morgan fingerprint density at radius 1 is 1.38 bits per heavy atom. The highest BCUT2D eigenvalue weighted by Gasteiger charge is 2.29. The van der Waals surface area contributed by atoms with Crippen LogP contribution in [0.15, 0.2) is 40.3 Å². The smallest absolute Gasteiger partial charge is 0.341 e. The molecule has 3 aromatic rings. The normalized spacial score (nSPS) is 15.0. The van der Waals surface area contributed by atoms with E-state index in [1.54, 1.807) is 19.1 Å². The number of hydrogen-bond acceptors (Lipinski definition) is 8. The number of nitrogens with zero attached hydrogens (tertiary/aromatic N) is 2. The molecule has 4 rings (SSSR count). The van der Waals surface area contributed by atoms with Gasteiger partial charge in [0.2, 0.25) is 0 Å². The number of ether oxygens (including phenoxy) is 1. The number of fused-ring (bicyclic) bond motifs is 1. The molecule has 2 aromatic heterocycles. The van der Waals surface area contributed by atoms with E-state index < -0.39 is 16.8 Å². The second kappa shape index (κ2) is 11.0. The van der Waals surface area contributed by atoms with Crippen LogP contribution < -0.4 is 5.32 Å². The van der Waals surface area contributed by atoms with Crippen molar-refractivity contribution in [1.82, 2.24) is 0 Å². The van der Waals surface area contributed by atoms with Gasteiger partial charge in [-0.1, -0.05) is 18.5 Å². The number of nitro groups is 1. The fraction of sp³-hybridized carbons (Fsp3) is 0.269. The van der Waals surface area contributed by atoms with Crippen molar-refractivity contribution in [3.05, 3.63) is 72.8 Å². The number of benzene rings is 1. The van der Waals surface area contributed by atoms with Gasteiger partial charge < -0.3 is 14.5 Å². The third kappa shape index (κ3) is 5.58. The van der Waals surface area contributed by atoms with Crippen molar-refractivity contribution in [2.24, 2.45) is 5.92 Å². The van der Waals surface area contributed by atoms with Gasteiger partial charge in [-0.3, -0.25) is 14.9 Å². The van der Waals surface area contributed by atoms with Gasteiger partial charge in [-0.15, -0.1) is 11.3 Å². The number of anilines is 1. The van der Waals surface area contributed by atoms with Crippen molar-refractivity contribution in [2.45, 2.75) is 33.1 Å². The topological polar surface area (TPSA) is 135 Å². The molecule has 1 atom stereocenters.